The highest BCUT2D eigenvalue weighted by Gasteiger charge is 2.62. The van der Waals surface area contributed by atoms with E-state index in [2.05, 4.69) is 6.92 Å². The molecular formula is C25H30FNO4. The van der Waals surface area contributed by atoms with Gasteiger partial charge in [-0.15, -0.1) is 0 Å². The summed E-state index contributed by atoms with van der Waals surface area (Å²) in [5, 5.41) is 0. The summed E-state index contributed by atoms with van der Waals surface area (Å²) in [6, 6.07) is 16.0. The Bertz CT molecular complexity index is 882. The number of likely N-dealkylation sites (tertiary alicyclic amines) is 1. The van der Waals surface area contributed by atoms with E-state index in [0.717, 1.165) is 24.2 Å². The van der Waals surface area contributed by atoms with E-state index in [0.29, 0.717) is 32.6 Å². The Kier molecular flexibility index (Phi) is 6.30. The topological polar surface area (TPSA) is 48.0 Å². The molecule has 5 nitrogen and oxygen atoms in total. The molecule has 166 valence electrons. The van der Waals surface area contributed by atoms with E-state index >= 15 is 0 Å². The smallest absolute Gasteiger partial charge is 0.220 e. The van der Waals surface area contributed by atoms with Crippen molar-refractivity contribution in [3.8, 4) is 5.75 Å². The summed E-state index contributed by atoms with van der Waals surface area (Å²) in [6.45, 7) is 5.06. The second-order valence-electron chi connectivity index (χ2n) is 8.32. The number of piperidine rings is 1. The van der Waals surface area contributed by atoms with E-state index in [9.17, 15) is 9.18 Å². The van der Waals surface area contributed by atoms with Gasteiger partial charge >= 0.3 is 0 Å². The van der Waals surface area contributed by atoms with Gasteiger partial charge in [-0.1, -0.05) is 43.7 Å². The van der Waals surface area contributed by atoms with Crippen LogP contribution in [0.2, 0.25) is 0 Å². The summed E-state index contributed by atoms with van der Waals surface area (Å²) in [7, 11) is 0. The Morgan fingerprint density at radius 2 is 1.81 bits per heavy atom. The third-order valence-electron chi connectivity index (χ3n) is 6.38. The molecule has 6 heteroatoms. The lowest BCUT2D eigenvalue weighted by atomic mass is 9.72. The van der Waals surface area contributed by atoms with Crippen molar-refractivity contribution in [2.24, 2.45) is 0 Å². The molecule has 0 saturated carbocycles. The van der Waals surface area contributed by atoms with Gasteiger partial charge in [0.15, 0.2) is 0 Å². The lowest BCUT2D eigenvalue weighted by Crippen LogP contribution is -2.68. The molecule has 2 aromatic rings. The highest BCUT2D eigenvalue weighted by molar-refractivity contribution is 5.74. The summed E-state index contributed by atoms with van der Waals surface area (Å²) >= 11 is 0. The zero-order chi connectivity index (χ0) is 21.9. The molecular weight excluding hydrogens is 397 g/mol. The predicted molar refractivity (Wildman–Crippen MR) is 115 cm³/mol. The predicted octanol–water partition coefficient (Wildman–Crippen LogP) is 4.65. The van der Waals surface area contributed by atoms with Crippen molar-refractivity contribution in [1.82, 2.24) is 4.90 Å². The van der Waals surface area contributed by atoms with Gasteiger partial charge in [-0.2, -0.15) is 0 Å². The van der Waals surface area contributed by atoms with Gasteiger partial charge in [-0.05, 0) is 30.7 Å². The highest BCUT2D eigenvalue weighted by atomic mass is 19.1. The lowest BCUT2D eigenvalue weighted by molar-refractivity contribution is -0.268. The Morgan fingerprint density at radius 3 is 2.42 bits per heavy atom. The first-order valence-corrected chi connectivity index (χ1v) is 11.0. The SMILES string of the molecule is CCCC1(C2(c3ccc(F)cc3)OCCO2)CC(Oc2ccccc2)CCN1C(C)=O. The van der Waals surface area contributed by atoms with Gasteiger partial charge in [0, 0.05) is 31.9 Å². The van der Waals surface area contributed by atoms with Gasteiger partial charge in [0.2, 0.25) is 11.7 Å². The van der Waals surface area contributed by atoms with E-state index in [4.69, 9.17) is 14.2 Å². The average molecular weight is 428 g/mol. The number of halogens is 1. The summed E-state index contributed by atoms with van der Waals surface area (Å²) in [6.07, 6.45) is 2.69. The van der Waals surface area contributed by atoms with Crippen molar-refractivity contribution < 1.29 is 23.4 Å². The van der Waals surface area contributed by atoms with Crippen LogP contribution in [0.1, 0.15) is 45.1 Å². The van der Waals surface area contributed by atoms with E-state index in [1.54, 1.807) is 19.1 Å². The van der Waals surface area contributed by atoms with Crippen LogP contribution in [0.3, 0.4) is 0 Å². The second-order valence-corrected chi connectivity index (χ2v) is 8.32. The van der Waals surface area contributed by atoms with Gasteiger partial charge in [0.25, 0.3) is 0 Å². The summed E-state index contributed by atoms with van der Waals surface area (Å²) in [5.41, 5.74) is -0.0361. The number of benzene rings is 2. The summed E-state index contributed by atoms with van der Waals surface area (Å²) in [5.74, 6) is -0.703. The number of hydrogen-bond acceptors (Lipinski definition) is 4. The number of hydrogen-bond donors (Lipinski definition) is 0. The molecule has 31 heavy (non-hydrogen) atoms. The van der Waals surface area contributed by atoms with Gasteiger partial charge in [-0.25, -0.2) is 4.39 Å². The van der Waals surface area contributed by atoms with Crippen molar-refractivity contribution in [3.63, 3.8) is 0 Å². The fourth-order valence-electron chi connectivity index (χ4n) is 5.24. The van der Waals surface area contributed by atoms with Crippen LogP contribution in [0.15, 0.2) is 54.6 Å². The first-order chi connectivity index (χ1) is 15.0. The fraction of sp³-hybridized carbons (Fsp3) is 0.480. The van der Waals surface area contributed by atoms with Crippen LogP contribution < -0.4 is 4.74 Å². The van der Waals surface area contributed by atoms with E-state index < -0.39 is 11.3 Å². The van der Waals surface area contributed by atoms with Crippen LogP contribution in [0, 0.1) is 5.82 Å². The molecule has 2 aliphatic rings. The summed E-state index contributed by atoms with van der Waals surface area (Å²) in [4.78, 5) is 14.8. The zero-order valence-corrected chi connectivity index (χ0v) is 18.2. The number of ether oxygens (including phenoxy) is 3. The number of para-hydroxylation sites is 1. The maximum atomic E-state index is 13.7. The van der Waals surface area contributed by atoms with Crippen molar-refractivity contribution in [2.45, 2.75) is 57.0 Å². The standard InChI is InChI=1S/C25H30FNO4/c1-3-14-24(25(29-16-17-30-25)20-9-11-21(26)12-10-20)18-23(13-15-27(24)19(2)28)31-22-7-5-4-6-8-22/h4-12,23H,3,13-18H2,1-2H3. The molecule has 0 aliphatic carbocycles. The first-order valence-electron chi connectivity index (χ1n) is 11.0. The molecule has 2 heterocycles. The molecule has 2 fully saturated rings. The Hall–Kier alpha value is -2.44. The maximum absolute atomic E-state index is 13.7. The van der Waals surface area contributed by atoms with Gasteiger partial charge in [-0.3, -0.25) is 4.79 Å². The number of carbonyl (C=O) groups excluding carboxylic acids is 1. The molecule has 2 aromatic carbocycles. The Morgan fingerprint density at radius 1 is 1.13 bits per heavy atom. The maximum Gasteiger partial charge on any atom is 0.220 e. The molecule has 0 spiro atoms. The molecule has 4 rings (SSSR count). The largest absolute Gasteiger partial charge is 0.490 e. The molecule has 0 radical (unpaired) electrons. The van der Waals surface area contributed by atoms with E-state index in [-0.39, 0.29) is 17.8 Å². The van der Waals surface area contributed by atoms with E-state index in [1.807, 2.05) is 35.2 Å². The van der Waals surface area contributed by atoms with Crippen LogP contribution >= 0.6 is 0 Å². The molecule has 0 aromatic heterocycles. The summed E-state index contributed by atoms with van der Waals surface area (Å²) < 4.78 is 32.8. The first kappa shape index (κ1) is 21.8. The van der Waals surface area contributed by atoms with Crippen LogP contribution in [0.5, 0.6) is 5.75 Å². The normalized spacial score (nSPS) is 25.4. The van der Waals surface area contributed by atoms with Gasteiger partial charge in [0.05, 0.1) is 13.2 Å². The zero-order valence-electron chi connectivity index (χ0n) is 18.2. The lowest BCUT2D eigenvalue weighted by Gasteiger charge is -2.56. The Balaban J connectivity index is 1.79. The molecule has 0 bridgehead atoms. The van der Waals surface area contributed by atoms with Gasteiger partial charge < -0.3 is 19.1 Å². The van der Waals surface area contributed by atoms with Crippen molar-refractivity contribution in [3.05, 3.63) is 66.0 Å². The molecule has 2 saturated heterocycles. The molecule has 2 atom stereocenters. The minimum atomic E-state index is -1.17. The van der Waals surface area contributed by atoms with E-state index in [1.165, 1.54) is 12.1 Å². The fourth-order valence-corrected chi connectivity index (χ4v) is 5.24. The number of carbonyl (C=O) groups is 1. The third-order valence-corrected chi connectivity index (χ3v) is 6.38. The molecule has 2 aliphatic heterocycles. The van der Waals surface area contributed by atoms with Crippen molar-refractivity contribution >= 4 is 5.91 Å². The van der Waals surface area contributed by atoms with Crippen LogP contribution in [-0.2, 0) is 20.1 Å². The average Bonchev–Trinajstić information content (AvgIpc) is 3.27. The quantitative estimate of drug-likeness (QED) is 0.673. The molecule has 0 N–H and O–H groups in total. The van der Waals surface area contributed by atoms with Crippen LogP contribution in [0.25, 0.3) is 0 Å². The Labute approximate surface area is 183 Å². The second kappa shape index (κ2) is 8.97. The molecule has 2 unspecified atom stereocenters. The minimum absolute atomic E-state index is 0.0211. The van der Waals surface area contributed by atoms with Crippen LogP contribution in [0.4, 0.5) is 4.39 Å². The van der Waals surface area contributed by atoms with Crippen molar-refractivity contribution in [2.75, 3.05) is 19.8 Å². The monoisotopic (exact) mass is 427 g/mol. The highest BCUT2D eigenvalue weighted by Crippen LogP contribution is 2.52. The van der Waals surface area contributed by atoms with Crippen molar-refractivity contribution in [1.29, 1.82) is 0 Å². The number of nitrogens with zero attached hydrogens (tertiary/aromatic N) is 1. The third kappa shape index (κ3) is 3.94. The van der Waals surface area contributed by atoms with Gasteiger partial charge in [0.1, 0.15) is 23.2 Å². The minimum Gasteiger partial charge on any atom is -0.490 e. The number of amides is 1. The van der Waals surface area contributed by atoms with Crippen LogP contribution in [-0.4, -0.2) is 42.2 Å². The number of rotatable bonds is 6. The molecule has 1 amide bonds.